The molecule has 0 saturated carbocycles. The van der Waals surface area contributed by atoms with Crippen LogP contribution in [0, 0.1) is 5.92 Å². The van der Waals surface area contributed by atoms with Gasteiger partial charge in [-0.2, -0.15) is 0 Å². The molecular weight excluding hydrogens is 376 g/mol. The number of nitrogens with zero attached hydrogens (tertiary/aromatic N) is 3. The van der Waals surface area contributed by atoms with Crippen LogP contribution in [-0.2, 0) is 4.79 Å². The van der Waals surface area contributed by atoms with Crippen molar-refractivity contribution in [3.63, 3.8) is 0 Å². The predicted octanol–water partition coefficient (Wildman–Crippen LogP) is 3.68. The predicted molar refractivity (Wildman–Crippen MR) is 117 cm³/mol. The molecule has 1 N–H and O–H groups in total. The number of likely N-dealkylation sites (tertiary alicyclic amines) is 1. The molecule has 0 radical (unpaired) electrons. The fourth-order valence-electron chi connectivity index (χ4n) is 3.92. The van der Waals surface area contributed by atoms with E-state index in [1.54, 1.807) is 12.4 Å². The lowest BCUT2D eigenvalue weighted by Gasteiger charge is -2.31. The lowest BCUT2D eigenvalue weighted by molar-refractivity contribution is -0.126. The van der Waals surface area contributed by atoms with Gasteiger partial charge in [0.15, 0.2) is 0 Å². The van der Waals surface area contributed by atoms with Crippen LogP contribution in [0.4, 0.5) is 0 Å². The number of fused-ring (bicyclic) bond motifs is 1. The van der Waals surface area contributed by atoms with Gasteiger partial charge in [0, 0.05) is 48.9 Å². The molecule has 0 bridgehead atoms. The van der Waals surface area contributed by atoms with Crippen molar-refractivity contribution in [1.82, 2.24) is 20.2 Å². The van der Waals surface area contributed by atoms with Crippen LogP contribution < -0.4 is 5.32 Å². The van der Waals surface area contributed by atoms with Crippen LogP contribution in [0.2, 0.25) is 0 Å². The van der Waals surface area contributed by atoms with Crippen LogP contribution in [0.25, 0.3) is 22.2 Å². The van der Waals surface area contributed by atoms with E-state index >= 15 is 0 Å². The van der Waals surface area contributed by atoms with Gasteiger partial charge < -0.3 is 10.2 Å². The molecule has 154 valence electrons. The number of hydrogen-bond donors (Lipinski definition) is 1. The van der Waals surface area contributed by atoms with Gasteiger partial charge in [-0.1, -0.05) is 25.1 Å². The molecule has 2 amide bonds. The van der Waals surface area contributed by atoms with Crippen LogP contribution in [0.3, 0.4) is 0 Å². The van der Waals surface area contributed by atoms with Crippen molar-refractivity contribution < 1.29 is 9.59 Å². The topological polar surface area (TPSA) is 75.2 Å². The van der Waals surface area contributed by atoms with E-state index in [9.17, 15) is 9.59 Å². The Kier molecular flexibility index (Phi) is 6.02. The summed E-state index contributed by atoms with van der Waals surface area (Å²) in [7, 11) is 0. The number of amides is 2. The second-order valence-corrected chi connectivity index (χ2v) is 7.67. The zero-order chi connectivity index (χ0) is 20.9. The Morgan fingerprint density at radius 1 is 1.13 bits per heavy atom. The quantitative estimate of drug-likeness (QED) is 0.706. The summed E-state index contributed by atoms with van der Waals surface area (Å²) in [5.41, 5.74) is 3.05. The highest BCUT2D eigenvalue weighted by Crippen LogP contribution is 2.27. The molecule has 1 aliphatic heterocycles. The van der Waals surface area contributed by atoms with Gasteiger partial charge in [-0.25, -0.2) is 4.98 Å². The highest BCUT2D eigenvalue weighted by atomic mass is 16.2. The third-order valence-electron chi connectivity index (χ3n) is 5.61. The van der Waals surface area contributed by atoms with E-state index in [0.29, 0.717) is 38.0 Å². The Hall–Kier alpha value is -3.28. The minimum absolute atomic E-state index is 0.00819. The highest BCUT2D eigenvalue weighted by molar-refractivity contribution is 6.07. The first-order chi connectivity index (χ1) is 14.7. The fourth-order valence-corrected chi connectivity index (χ4v) is 3.92. The van der Waals surface area contributed by atoms with Gasteiger partial charge in [0.2, 0.25) is 5.91 Å². The van der Waals surface area contributed by atoms with Crippen LogP contribution in [0.5, 0.6) is 0 Å². The van der Waals surface area contributed by atoms with Gasteiger partial charge >= 0.3 is 0 Å². The van der Waals surface area contributed by atoms with Gasteiger partial charge in [0.1, 0.15) is 0 Å². The van der Waals surface area contributed by atoms with E-state index in [0.717, 1.165) is 28.6 Å². The van der Waals surface area contributed by atoms with Crippen molar-refractivity contribution >= 4 is 22.7 Å². The number of benzene rings is 1. The molecule has 6 nitrogen and oxygen atoms in total. The molecule has 1 aromatic carbocycles. The second kappa shape index (κ2) is 9.03. The molecular formula is C24H26N4O2. The average molecular weight is 402 g/mol. The Balaban J connectivity index is 1.58. The van der Waals surface area contributed by atoms with Crippen molar-refractivity contribution in [3.05, 3.63) is 60.4 Å². The Morgan fingerprint density at radius 3 is 2.67 bits per heavy atom. The molecule has 0 unspecified atom stereocenters. The summed E-state index contributed by atoms with van der Waals surface area (Å²) in [6.45, 7) is 3.92. The molecule has 0 atom stereocenters. The minimum atomic E-state index is -0.0132. The fraction of sp³-hybridized carbons (Fsp3) is 0.333. The Morgan fingerprint density at radius 2 is 1.93 bits per heavy atom. The number of para-hydroxylation sites is 1. The molecule has 1 aliphatic rings. The molecule has 3 aromatic rings. The minimum Gasteiger partial charge on any atom is -0.356 e. The summed E-state index contributed by atoms with van der Waals surface area (Å²) in [5, 5.41) is 3.82. The molecule has 0 spiro atoms. The summed E-state index contributed by atoms with van der Waals surface area (Å²) in [5.74, 6) is 0.0871. The van der Waals surface area contributed by atoms with E-state index in [2.05, 4.69) is 10.3 Å². The zero-order valence-electron chi connectivity index (χ0n) is 17.2. The van der Waals surface area contributed by atoms with Crippen LogP contribution in [-0.4, -0.2) is 46.3 Å². The molecule has 0 aliphatic carbocycles. The summed E-state index contributed by atoms with van der Waals surface area (Å²) in [4.78, 5) is 36.5. The summed E-state index contributed by atoms with van der Waals surface area (Å²) in [6, 6.07) is 13.4. The maximum Gasteiger partial charge on any atom is 0.254 e. The average Bonchev–Trinajstić information content (AvgIpc) is 2.82. The monoisotopic (exact) mass is 402 g/mol. The molecule has 30 heavy (non-hydrogen) atoms. The number of piperidine rings is 1. The molecule has 2 aromatic heterocycles. The van der Waals surface area contributed by atoms with E-state index in [1.807, 2.05) is 54.3 Å². The van der Waals surface area contributed by atoms with Crippen molar-refractivity contribution in [2.75, 3.05) is 19.6 Å². The van der Waals surface area contributed by atoms with Crippen molar-refractivity contribution in [2.45, 2.75) is 26.2 Å². The summed E-state index contributed by atoms with van der Waals surface area (Å²) < 4.78 is 0. The highest BCUT2D eigenvalue weighted by Gasteiger charge is 2.28. The number of hydrogen-bond acceptors (Lipinski definition) is 4. The lowest BCUT2D eigenvalue weighted by atomic mass is 9.95. The van der Waals surface area contributed by atoms with Gasteiger partial charge in [-0.05, 0) is 43.5 Å². The van der Waals surface area contributed by atoms with Crippen LogP contribution in [0.1, 0.15) is 36.5 Å². The van der Waals surface area contributed by atoms with Crippen LogP contribution in [0.15, 0.2) is 54.9 Å². The maximum absolute atomic E-state index is 13.4. The zero-order valence-corrected chi connectivity index (χ0v) is 17.2. The van der Waals surface area contributed by atoms with Gasteiger partial charge in [-0.3, -0.25) is 14.6 Å². The molecule has 4 rings (SSSR count). The number of pyridine rings is 2. The first-order valence-electron chi connectivity index (χ1n) is 10.5. The Bertz CT molecular complexity index is 1040. The van der Waals surface area contributed by atoms with Gasteiger partial charge in [0.25, 0.3) is 5.91 Å². The normalized spacial score (nSPS) is 14.6. The van der Waals surface area contributed by atoms with E-state index < -0.39 is 0 Å². The van der Waals surface area contributed by atoms with Crippen LogP contribution >= 0.6 is 0 Å². The number of nitrogens with one attached hydrogen (secondary N) is 1. The standard InChI is InChI=1S/C24H26N4O2/c1-2-11-26-23(29)17-9-13-28(14-10-17)24(30)20-15-22(18-6-5-12-25-16-18)27-21-8-4-3-7-19(20)21/h3-8,12,15-17H,2,9-11,13-14H2,1H3,(H,26,29). The van der Waals surface area contributed by atoms with E-state index in [4.69, 9.17) is 4.98 Å². The number of rotatable bonds is 5. The largest absolute Gasteiger partial charge is 0.356 e. The molecule has 3 heterocycles. The van der Waals surface area contributed by atoms with Gasteiger partial charge in [0.05, 0.1) is 16.8 Å². The van der Waals surface area contributed by atoms with Crippen molar-refractivity contribution in [1.29, 1.82) is 0 Å². The third kappa shape index (κ3) is 4.17. The maximum atomic E-state index is 13.4. The third-order valence-corrected chi connectivity index (χ3v) is 5.61. The molecule has 1 saturated heterocycles. The van der Waals surface area contributed by atoms with Crippen molar-refractivity contribution in [3.8, 4) is 11.3 Å². The van der Waals surface area contributed by atoms with Crippen molar-refractivity contribution in [2.24, 2.45) is 5.92 Å². The van der Waals surface area contributed by atoms with Gasteiger partial charge in [-0.15, -0.1) is 0 Å². The summed E-state index contributed by atoms with van der Waals surface area (Å²) in [6.07, 6.45) is 5.79. The number of aromatic nitrogens is 2. The van der Waals surface area contributed by atoms with E-state index in [-0.39, 0.29) is 17.7 Å². The Labute approximate surface area is 176 Å². The lowest BCUT2D eigenvalue weighted by Crippen LogP contribution is -2.43. The summed E-state index contributed by atoms with van der Waals surface area (Å²) >= 11 is 0. The molecule has 1 fully saturated rings. The second-order valence-electron chi connectivity index (χ2n) is 7.67. The molecule has 6 heteroatoms. The smallest absolute Gasteiger partial charge is 0.254 e. The first-order valence-corrected chi connectivity index (χ1v) is 10.5. The first kappa shape index (κ1) is 20.0. The number of carbonyl (C=O) groups excluding carboxylic acids is 2. The number of carbonyl (C=O) groups is 2. The van der Waals surface area contributed by atoms with E-state index in [1.165, 1.54) is 0 Å². The SMILES string of the molecule is CCCNC(=O)C1CCN(C(=O)c2cc(-c3cccnc3)nc3ccccc23)CC1.